The highest BCUT2D eigenvalue weighted by Crippen LogP contribution is 2.25. The van der Waals surface area contributed by atoms with E-state index in [0.29, 0.717) is 29.1 Å². The fourth-order valence-electron chi connectivity index (χ4n) is 3.67. The standard InChI is InChI=1S/C26H25N3O4/c1-18-22(9-5-10-23(18)28-26(32)19-7-3-2-4-8-19)27-24(30)17-33-21-14-12-20(13-15-21)29-16-6-11-25(29)31/h2-5,7-10,12-15H,6,11,16-17H2,1H3,(H,27,30)(H,28,32). The third kappa shape index (κ3) is 5.38. The van der Waals surface area contributed by atoms with Crippen LogP contribution in [-0.4, -0.2) is 30.9 Å². The lowest BCUT2D eigenvalue weighted by Gasteiger charge is -2.16. The zero-order chi connectivity index (χ0) is 23.2. The zero-order valence-electron chi connectivity index (χ0n) is 18.3. The summed E-state index contributed by atoms with van der Waals surface area (Å²) in [6.07, 6.45) is 1.45. The molecular formula is C26H25N3O4. The molecule has 0 bridgehead atoms. The SMILES string of the molecule is Cc1c(NC(=O)COc2ccc(N3CCCC3=O)cc2)cccc1NC(=O)c1ccccc1. The quantitative estimate of drug-likeness (QED) is 0.567. The minimum Gasteiger partial charge on any atom is -0.484 e. The van der Waals surface area contributed by atoms with Crippen molar-refractivity contribution < 1.29 is 19.1 Å². The number of hydrogen-bond donors (Lipinski definition) is 2. The smallest absolute Gasteiger partial charge is 0.262 e. The number of rotatable bonds is 7. The summed E-state index contributed by atoms with van der Waals surface area (Å²) in [6.45, 7) is 2.39. The van der Waals surface area contributed by atoms with Crippen LogP contribution in [-0.2, 0) is 9.59 Å². The molecular weight excluding hydrogens is 418 g/mol. The van der Waals surface area contributed by atoms with Crippen molar-refractivity contribution in [3.8, 4) is 5.75 Å². The van der Waals surface area contributed by atoms with E-state index in [1.165, 1.54) is 0 Å². The summed E-state index contributed by atoms with van der Waals surface area (Å²) < 4.78 is 5.59. The van der Waals surface area contributed by atoms with Gasteiger partial charge in [0.25, 0.3) is 11.8 Å². The molecule has 1 aliphatic heterocycles. The maximum absolute atomic E-state index is 12.4. The highest BCUT2D eigenvalue weighted by atomic mass is 16.5. The van der Waals surface area contributed by atoms with Crippen LogP contribution in [0.25, 0.3) is 0 Å². The Labute approximate surface area is 192 Å². The first-order valence-electron chi connectivity index (χ1n) is 10.8. The van der Waals surface area contributed by atoms with Crippen LogP contribution in [0.3, 0.4) is 0 Å². The first-order chi connectivity index (χ1) is 16.0. The van der Waals surface area contributed by atoms with Crippen molar-refractivity contribution in [1.82, 2.24) is 0 Å². The van der Waals surface area contributed by atoms with E-state index in [9.17, 15) is 14.4 Å². The van der Waals surface area contributed by atoms with Crippen LogP contribution < -0.4 is 20.3 Å². The molecule has 0 spiro atoms. The van der Waals surface area contributed by atoms with Crippen molar-refractivity contribution in [2.24, 2.45) is 0 Å². The Bertz CT molecular complexity index is 1160. The van der Waals surface area contributed by atoms with Gasteiger partial charge in [-0.05, 0) is 67.4 Å². The number of amides is 3. The number of anilines is 3. The highest BCUT2D eigenvalue weighted by Gasteiger charge is 2.21. The average Bonchev–Trinajstić information content (AvgIpc) is 3.27. The van der Waals surface area contributed by atoms with Crippen LogP contribution >= 0.6 is 0 Å². The molecule has 0 unspecified atom stereocenters. The summed E-state index contributed by atoms with van der Waals surface area (Å²) in [6, 6.07) is 21.4. The largest absolute Gasteiger partial charge is 0.484 e. The molecule has 0 radical (unpaired) electrons. The van der Waals surface area contributed by atoms with Gasteiger partial charge in [-0.2, -0.15) is 0 Å². The van der Waals surface area contributed by atoms with Crippen molar-refractivity contribution in [3.05, 3.63) is 83.9 Å². The fourth-order valence-corrected chi connectivity index (χ4v) is 3.67. The van der Waals surface area contributed by atoms with Crippen LogP contribution in [0.1, 0.15) is 28.8 Å². The summed E-state index contributed by atoms with van der Waals surface area (Å²) in [5.41, 5.74) is 3.35. The Hall–Kier alpha value is -4.13. The zero-order valence-corrected chi connectivity index (χ0v) is 18.3. The molecule has 0 aromatic heterocycles. The highest BCUT2D eigenvalue weighted by molar-refractivity contribution is 6.05. The third-order valence-electron chi connectivity index (χ3n) is 5.48. The summed E-state index contributed by atoms with van der Waals surface area (Å²) in [4.78, 5) is 38.5. The molecule has 1 fully saturated rings. The van der Waals surface area contributed by atoms with Gasteiger partial charge in [-0.25, -0.2) is 0 Å². The Morgan fingerprint density at radius 3 is 2.27 bits per heavy atom. The number of nitrogens with one attached hydrogen (secondary N) is 2. The molecule has 0 aliphatic carbocycles. The maximum atomic E-state index is 12.4. The first kappa shape index (κ1) is 22.1. The van der Waals surface area contributed by atoms with Gasteiger partial charge in [-0.3, -0.25) is 14.4 Å². The van der Waals surface area contributed by atoms with E-state index in [2.05, 4.69) is 10.6 Å². The van der Waals surface area contributed by atoms with Crippen LogP contribution in [0.4, 0.5) is 17.1 Å². The summed E-state index contributed by atoms with van der Waals surface area (Å²) >= 11 is 0. The number of nitrogens with zero attached hydrogens (tertiary/aromatic N) is 1. The molecule has 1 aliphatic rings. The fraction of sp³-hybridized carbons (Fsp3) is 0.192. The van der Waals surface area contributed by atoms with E-state index in [-0.39, 0.29) is 24.3 Å². The van der Waals surface area contributed by atoms with Gasteiger partial charge in [0.15, 0.2) is 6.61 Å². The second kappa shape index (κ2) is 9.99. The number of hydrogen-bond acceptors (Lipinski definition) is 4. The predicted molar refractivity (Wildman–Crippen MR) is 128 cm³/mol. The Morgan fingerprint density at radius 2 is 1.61 bits per heavy atom. The molecule has 7 nitrogen and oxygen atoms in total. The Balaban J connectivity index is 1.33. The van der Waals surface area contributed by atoms with Crippen LogP contribution in [0, 0.1) is 6.92 Å². The molecule has 3 aromatic carbocycles. The lowest BCUT2D eigenvalue weighted by atomic mass is 10.1. The molecule has 33 heavy (non-hydrogen) atoms. The number of carbonyl (C=O) groups excluding carboxylic acids is 3. The summed E-state index contributed by atoms with van der Waals surface area (Å²) in [5, 5.41) is 5.71. The second-order valence-electron chi connectivity index (χ2n) is 7.78. The van der Waals surface area contributed by atoms with Crippen LogP contribution in [0.15, 0.2) is 72.8 Å². The Morgan fingerprint density at radius 1 is 0.909 bits per heavy atom. The minimum atomic E-state index is -0.316. The molecule has 1 saturated heterocycles. The minimum absolute atomic E-state index is 0.126. The van der Waals surface area contributed by atoms with Gasteiger partial charge in [0.2, 0.25) is 5.91 Å². The number of carbonyl (C=O) groups is 3. The molecule has 4 rings (SSSR count). The monoisotopic (exact) mass is 443 g/mol. The van der Waals surface area contributed by atoms with E-state index in [1.54, 1.807) is 59.5 Å². The van der Waals surface area contributed by atoms with Gasteiger partial charge >= 0.3 is 0 Å². The average molecular weight is 444 g/mol. The number of benzene rings is 3. The van der Waals surface area contributed by atoms with E-state index in [1.807, 2.05) is 25.1 Å². The lowest BCUT2D eigenvalue weighted by Crippen LogP contribution is -2.23. The first-order valence-corrected chi connectivity index (χ1v) is 10.8. The van der Waals surface area contributed by atoms with E-state index < -0.39 is 0 Å². The van der Waals surface area contributed by atoms with Crippen molar-refractivity contribution in [3.63, 3.8) is 0 Å². The summed E-state index contributed by atoms with van der Waals surface area (Å²) in [5.74, 6) is 0.134. The van der Waals surface area contributed by atoms with Crippen molar-refractivity contribution in [2.75, 3.05) is 28.7 Å². The van der Waals surface area contributed by atoms with Crippen LogP contribution in [0.5, 0.6) is 5.75 Å². The van der Waals surface area contributed by atoms with E-state index in [4.69, 9.17) is 4.74 Å². The van der Waals surface area contributed by atoms with E-state index in [0.717, 1.165) is 24.2 Å². The molecule has 168 valence electrons. The lowest BCUT2D eigenvalue weighted by molar-refractivity contribution is -0.118. The second-order valence-corrected chi connectivity index (χ2v) is 7.78. The van der Waals surface area contributed by atoms with Gasteiger partial charge in [0.05, 0.1) is 0 Å². The molecule has 1 heterocycles. The van der Waals surface area contributed by atoms with Gasteiger partial charge in [0, 0.05) is 35.6 Å². The molecule has 7 heteroatoms. The van der Waals surface area contributed by atoms with E-state index >= 15 is 0 Å². The van der Waals surface area contributed by atoms with Gasteiger partial charge < -0.3 is 20.3 Å². The maximum Gasteiger partial charge on any atom is 0.262 e. The predicted octanol–water partition coefficient (Wildman–Crippen LogP) is 4.39. The molecule has 3 amide bonds. The van der Waals surface area contributed by atoms with Crippen molar-refractivity contribution in [2.45, 2.75) is 19.8 Å². The molecule has 2 N–H and O–H groups in total. The molecule has 0 atom stereocenters. The molecule has 0 saturated carbocycles. The van der Waals surface area contributed by atoms with Gasteiger partial charge in [0.1, 0.15) is 5.75 Å². The van der Waals surface area contributed by atoms with Crippen LogP contribution in [0.2, 0.25) is 0 Å². The van der Waals surface area contributed by atoms with Crippen molar-refractivity contribution >= 4 is 34.8 Å². The third-order valence-corrected chi connectivity index (χ3v) is 5.48. The summed E-state index contributed by atoms with van der Waals surface area (Å²) in [7, 11) is 0. The molecule has 3 aromatic rings. The number of ether oxygens (including phenoxy) is 1. The van der Waals surface area contributed by atoms with Crippen molar-refractivity contribution in [1.29, 1.82) is 0 Å². The Kier molecular flexibility index (Phi) is 6.69. The normalized spacial score (nSPS) is 13.0. The topological polar surface area (TPSA) is 87.7 Å². The van der Waals surface area contributed by atoms with Gasteiger partial charge in [-0.15, -0.1) is 0 Å². The van der Waals surface area contributed by atoms with Gasteiger partial charge in [-0.1, -0.05) is 24.3 Å².